The van der Waals surface area contributed by atoms with Crippen molar-refractivity contribution in [2.45, 2.75) is 38.5 Å². The summed E-state index contributed by atoms with van der Waals surface area (Å²) in [5, 5.41) is 8.68. The molecule has 16 aromatic carbocycles. The average Bonchev–Trinajstić information content (AvgIpc) is 1.44. The van der Waals surface area contributed by atoms with Crippen molar-refractivity contribution in [3.8, 4) is 78.5 Å². The fraction of sp³-hybridized carbons (Fsp3) is 0.0600. The van der Waals surface area contributed by atoms with E-state index in [-0.39, 0.29) is 10.8 Å². The van der Waals surface area contributed by atoms with Crippen LogP contribution < -0.4 is 9.80 Å². The first kappa shape index (κ1) is 61.6. The molecule has 0 unspecified atom stereocenters. The number of oxazole rings is 2. The fourth-order valence-electron chi connectivity index (χ4n) is 17.5. The first-order valence-electron chi connectivity index (χ1n) is 37.0. The van der Waals surface area contributed by atoms with Crippen LogP contribution in [0.2, 0.25) is 0 Å². The minimum Gasteiger partial charge on any atom is -0.456 e. The Morgan fingerprint density at radius 3 is 1.35 bits per heavy atom. The van der Waals surface area contributed by atoms with E-state index in [9.17, 15) is 0 Å². The van der Waals surface area contributed by atoms with Crippen LogP contribution in [0.1, 0.15) is 49.9 Å². The minimum absolute atomic E-state index is 0.176. The van der Waals surface area contributed by atoms with Gasteiger partial charge in [-0.25, -0.2) is 9.97 Å². The van der Waals surface area contributed by atoms with Crippen LogP contribution in [-0.2, 0) is 10.8 Å². The number of furan rings is 2. The number of hydrogen-bond donors (Lipinski definition) is 0. The van der Waals surface area contributed by atoms with E-state index >= 15 is 0 Å². The molecule has 8 nitrogen and oxygen atoms in total. The molecule has 4 heterocycles. The number of nitrogens with zero attached hydrogens (tertiary/aromatic N) is 4. The van der Waals surface area contributed by atoms with Crippen molar-refractivity contribution in [2.24, 2.45) is 0 Å². The second-order valence-electron chi connectivity index (χ2n) is 30.1. The topological polar surface area (TPSA) is 84.8 Å². The molecule has 0 saturated carbocycles. The molecule has 2 aliphatic rings. The lowest BCUT2D eigenvalue weighted by molar-refractivity contribution is 0.617. The Bertz CT molecular complexity index is 7150. The summed E-state index contributed by atoms with van der Waals surface area (Å²) in [6, 6.07) is 118. The Morgan fingerprint density at radius 2 is 0.667 bits per heavy atom. The van der Waals surface area contributed by atoms with Crippen molar-refractivity contribution in [3.05, 3.63) is 350 Å². The molecule has 0 spiro atoms. The third-order valence-electron chi connectivity index (χ3n) is 23.1. The molecule has 20 aromatic rings. The highest BCUT2D eigenvalue weighted by atomic mass is 16.4. The van der Waals surface area contributed by atoms with E-state index in [2.05, 4.69) is 323 Å². The van der Waals surface area contributed by atoms with Crippen molar-refractivity contribution < 1.29 is 17.7 Å². The third kappa shape index (κ3) is 9.69. The van der Waals surface area contributed by atoms with E-state index in [0.29, 0.717) is 22.9 Å². The van der Waals surface area contributed by atoms with Gasteiger partial charge in [-0.05, 0) is 215 Å². The van der Waals surface area contributed by atoms with E-state index < -0.39 is 0 Å². The molecule has 0 amide bonds. The summed E-state index contributed by atoms with van der Waals surface area (Å²) in [6.07, 6.45) is 0. The van der Waals surface area contributed by atoms with Gasteiger partial charge in [0, 0.05) is 102 Å². The molecular weight excluding hydrogens is 1320 g/mol. The molecule has 0 bridgehead atoms. The highest BCUT2D eigenvalue weighted by Crippen LogP contribution is 2.54. The maximum atomic E-state index is 6.85. The van der Waals surface area contributed by atoms with Crippen LogP contribution in [0.25, 0.3) is 166 Å². The van der Waals surface area contributed by atoms with E-state index in [1.54, 1.807) is 0 Å². The SMILES string of the molecule is CC1(C)c2ccccc2-c2ccc(N(c3cccc(-c4ccc5ccccc5c4)c3)c3ccc4c(c3)oc3cc5oc(-c6ccc(-c7ccc8ccc(-c9ccccc9N(c9ccc%10c(c9)C(C)(C)c9ccccc9-%10)c9ccc%10c(c9)oc9cc%11nc(-c%12ccccc%12)oc%11cc9%10)cc8c7)cc6)nc5cc34)cc21. The molecule has 108 heavy (non-hydrogen) atoms. The average molecular weight is 1390 g/mol. The Labute approximate surface area is 622 Å². The van der Waals surface area contributed by atoms with Crippen molar-refractivity contribution in [1.82, 2.24) is 9.97 Å². The molecule has 0 atom stereocenters. The number of benzene rings is 16. The highest BCUT2D eigenvalue weighted by molar-refractivity contribution is 6.12. The van der Waals surface area contributed by atoms with Gasteiger partial charge in [0.25, 0.3) is 0 Å². The predicted octanol–water partition coefficient (Wildman–Crippen LogP) is 28.0. The maximum Gasteiger partial charge on any atom is 0.227 e. The quantitative estimate of drug-likeness (QED) is 0.127. The van der Waals surface area contributed by atoms with Gasteiger partial charge in [0.2, 0.25) is 11.8 Å². The molecule has 4 aromatic heterocycles. The van der Waals surface area contributed by atoms with E-state index in [4.69, 9.17) is 27.6 Å². The minimum atomic E-state index is -0.210. The van der Waals surface area contributed by atoms with Crippen molar-refractivity contribution in [3.63, 3.8) is 0 Å². The van der Waals surface area contributed by atoms with Crippen LogP contribution in [0.3, 0.4) is 0 Å². The Kier molecular flexibility index (Phi) is 13.3. The second-order valence-corrected chi connectivity index (χ2v) is 30.1. The first-order chi connectivity index (χ1) is 52.9. The summed E-state index contributed by atoms with van der Waals surface area (Å²) >= 11 is 0. The molecule has 0 aliphatic heterocycles. The summed E-state index contributed by atoms with van der Waals surface area (Å²) in [7, 11) is 0. The Morgan fingerprint density at radius 1 is 0.231 bits per heavy atom. The van der Waals surface area contributed by atoms with Crippen molar-refractivity contribution in [2.75, 3.05) is 9.80 Å². The lowest BCUT2D eigenvalue weighted by atomic mass is 9.82. The van der Waals surface area contributed by atoms with Crippen molar-refractivity contribution in [1.29, 1.82) is 0 Å². The number of hydrogen-bond acceptors (Lipinski definition) is 8. The van der Waals surface area contributed by atoms with Gasteiger partial charge in [-0.1, -0.05) is 210 Å². The van der Waals surface area contributed by atoms with Gasteiger partial charge in [0.15, 0.2) is 11.2 Å². The summed E-state index contributed by atoms with van der Waals surface area (Å²) in [5.74, 6) is 1.13. The van der Waals surface area contributed by atoms with E-state index in [1.807, 2.05) is 42.5 Å². The molecule has 22 rings (SSSR count). The van der Waals surface area contributed by atoms with Gasteiger partial charge in [-0.3, -0.25) is 0 Å². The van der Waals surface area contributed by atoms with Crippen LogP contribution in [0.5, 0.6) is 0 Å². The normalized spacial score (nSPS) is 13.3. The summed E-state index contributed by atoms with van der Waals surface area (Å²) < 4.78 is 26.6. The Balaban J connectivity index is 0.577. The Hall–Kier alpha value is -13.8. The third-order valence-corrected chi connectivity index (χ3v) is 23.1. The standard InChI is InChI=1S/C100H66N4O4/c1-99(2)84-26-13-10-24-76(84)78-43-39-71(51-86(78)99)103(70-22-16-21-65(50-70)67-37-31-59-17-8-9-20-64(59)47-67)73-41-45-80-82-55-88-96(58-94(82)106-91(80)53-73)108-98(101-88)63-34-29-60(30-35-63)66-36-32-61-33-38-68(49-69(61)48-66)75-23-12-15-28-90(75)104(72-40-44-79-77-25-11-14-27-85(77)100(3,4)87(79)52-72)74-42-46-81-83-56-95-89(57-93(83)105-92(81)54-74)102-97(107-95)62-18-6-5-7-19-62/h5-58H,1-4H3. The monoisotopic (exact) mass is 1390 g/mol. The van der Waals surface area contributed by atoms with Crippen LogP contribution >= 0.6 is 0 Å². The number of fused-ring (bicyclic) bond motifs is 16. The molecule has 8 heteroatoms. The number of aromatic nitrogens is 2. The smallest absolute Gasteiger partial charge is 0.227 e. The van der Waals surface area contributed by atoms with Gasteiger partial charge < -0.3 is 27.5 Å². The predicted molar refractivity (Wildman–Crippen MR) is 443 cm³/mol. The molecular formula is C100H66N4O4. The molecule has 0 N–H and O–H groups in total. The molecule has 0 saturated heterocycles. The van der Waals surface area contributed by atoms with Crippen LogP contribution in [0.15, 0.2) is 345 Å². The zero-order chi connectivity index (χ0) is 71.7. The lowest BCUT2D eigenvalue weighted by Crippen LogP contribution is -2.16. The van der Waals surface area contributed by atoms with E-state index in [1.165, 1.54) is 60.8 Å². The van der Waals surface area contributed by atoms with Gasteiger partial charge in [0.1, 0.15) is 33.4 Å². The van der Waals surface area contributed by atoms with Crippen LogP contribution in [-0.4, -0.2) is 9.97 Å². The lowest BCUT2D eigenvalue weighted by Gasteiger charge is -2.30. The summed E-state index contributed by atoms with van der Waals surface area (Å²) in [6.45, 7) is 9.36. The summed E-state index contributed by atoms with van der Waals surface area (Å²) in [5.41, 5.74) is 30.6. The van der Waals surface area contributed by atoms with Gasteiger partial charge in [-0.2, -0.15) is 0 Å². The molecule has 2 aliphatic carbocycles. The van der Waals surface area contributed by atoms with Gasteiger partial charge in [-0.15, -0.1) is 0 Å². The second kappa shape index (κ2) is 23.3. The van der Waals surface area contributed by atoms with Crippen LogP contribution in [0, 0.1) is 0 Å². The largest absolute Gasteiger partial charge is 0.456 e. The highest BCUT2D eigenvalue weighted by Gasteiger charge is 2.38. The first-order valence-corrected chi connectivity index (χ1v) is 37.0. The molecule has 0 fully saturated rings. The van der Waals surface area contributed by atoms with E-state index in [0.717, 1.165) is 139 Å². The van der Waals surface area contributed by atoms with Crippen LogP contribution in [0.4, 0.5) is 34.1 Å². The van der Waals surface area contributed by atoms with Gasteiger partial charge in [0.05, 0.1) is 5.69 Å². The van der Waals surface area contributed by atoms with Gasteiger partial charge >= 0.3 is 0 Å². The molecule has 510 valence electrons. The fourth-order valence-corrected chi connectivity index (χ4v) is 17.5. The maximum absolute atomic E-state index is 6.85. The zero-order valence-corrected chi connectivity index (χ0v) is 59.6. The van der Waals surface area contributed by atoms with Crippen molar-refractivity contribution >= 4 is 122 Å². The zero-order valence-electron chi connectivity index (χ0n) is 59.6. The number of rotatable bonds is 11. The number of para-hydroxylation sites is 1. The number of anilines is 6. The molecule has 0 radical (unpaired) electrons. The summed E-state index contributed by atoms with van der Waals surface area (Å²) in [4.78, 5) is 14.8.